The zero-order chi connectivity index (χ0) is 10.9. The maximum absolute atomic E-state index is 12.3. The summed E-state index contributed by atoms with van der Waals surface area (Å²) in [5.41, 5.74) is -3.20. The third-order valence-corrected chi connectivity index (χ3v) is 1.44. The monoisotopic (exact) mass is 250 g/mol. The van der Waals surface area contributed by atoms with Gasteiger partial charge in [0, 0.05) is 0 Å². The zero-order valence-electron chi connectivity index (χ0n) is 5.59. The van der Waals surface area contributed by atoms with Crippen LogP contribution in [-0.4, -0.2) is 23.5 Å². The van der Waals surface area contributed by atoms with Gasteiger partial charge in [-0.1, -0.05) is 11.6 Å². The summed E-state index contributed by atoms with van der Waals surface area (Å²) in [5, 5.41) is -4.19. The van der Waals surface area contributed by atoms with Crippen LogP contribution >= 0.6 is 23.2 Å². The van der Waals surface area contributed by atoms with Crippen LogP contribution in [0.4, 0.5) is 26.3 Å². The van der Waals surface area contributed by atoms with Gasteiger partial charge < -0.3 is 0 Å². The van der Waals surface area contributed by atoms with Gasteiger partial charge in [0.1, 0.15) is 0 Å². The van der Waals surface area contributed by atoms with E-state index in [2.05, 4.69) is 27.9 Å². The lowest BCUT2D eigenvalue weighted by Gasteiger charge is -2.24. The summed E-state index contributed by atoms with van der Waals surface area (Å²) in [4.78, 5) is 0. The van der Waals surface area contributed by atoms with Crippen LogP contribution in [0.15, 0.2) is 0 Å². The van der Waals surface area contributed by atoms with E-state index >= 15 is 0 Å². The predicted octanol–water partition coefficient (Wildman–Crippen LogP) is 3.26. The number of ether oxygens (including phenoxy) is 1. The molecule has 0 rings (SSSR count). The van der Waals surface area contributed by atoms with Gasteiger partial charge in [0.25, 0.3) is 0 Å². The van der Waals surface area contributed by atoms with E-state index in [1.54, 1.807) is 0 Å². The van der Waals surface area contributed by atoms with Gasteiger partial charge in [0.15, 0.2) is 0 Å². The molecule has 0 spiro atoms. The molecule has 0 saturated heterocycles. The second-order valence-corrected chi connectivity index (χ2v) is 2.73. The Kier molecular flexibility index (Phi) is 4.14. The van der Waals surface area contributed by atoms with Crippen molar-refractivity contribution in [2.75, 3.05) is 0 Å². The maximum atomic E-state index is 12.3. The first-order valence-corrected chi connectivity index (χ1v) is 3.43. The van der Waals surface area contributed by atoms with Gasteiger partial charge in [-0.25, -0.2) is 13.2 Å². The highest BCUT2D eigenvalue weighted by atomic mass is 35.5. The molecule has 0 radical (unpaired) electrons. The maximum Gasteiger partial charge on any atom is 0.420 e. The Morgan fingerprint density at radius 2 is 1.46 bits per heavy atom. The van der Waals surface area contributed by atoms with Gasteiger partial charge in [-0.15, -0.1) is 0 Å². The first kappa shape index (κ1) is 13.1. The third-order valence-electron chi connectivity index (χ3n) is 0.780. The summed E-state index contributed by atoms with van der Waals surface area (Å²) in [6.07, 6.45) is -9.53. The smallest absolute Gasteiger partial charge is 0.261 e. The van der Waals surface area contributed by atoms with Crippen LogP contribution < -0.4 is 0 Å². The number of hydrogen-bond acceptors (Lipinski definition) is 1. The van der Waals surface area contributed by atoms with E-state index in [-0.39, 0.29) is 0 Å². The summed E-state index contributed by atoms with van der Waals surface area (Å²) in [5.74, 6) is 0. The molecule has 13 heavy (non-hydrogen) atoms. The molecule has 0 aliphatic rings. The fraction of sp³-hybridized carbons (Fsp3) is 1.00. The largest absolute Gasteiger partial charge is 0.420 e. The van der Waals surface area contributed by atoms with Gasteiger partial charge in [0.05, 0.1) is 0 Å². The summed E-state index contributed by atoms with van der Waals surface area (Å²) in [6.45, 7) is 0. The molecular formula is C4H2Cl2F6O. The lowest BCUT2D eigenvalue weighted by Crippen LogP contribution is -2.41. The number of hydrogen-bond donors (Lipinski definition) is 0. The van der Waals surface area contributed by atoms with E-state index in [0.717, 1.165) is 0 Å². The Bertz CT molecular complexity index is 154. The van der Waals surface area contributed by atoms with Crippen molar-refractivity contribution in [3.05, 3.63) is 0 Å². The summed E-state index contributed by atoms with van der Waals surface area (Å²) >= 11 is 8.59. The third kappa shape index (κ3) is 3.78. The van der Waals surface area contributed by atoms with Crippen molar-refractivity contribution < 1.29 is 31.1 Å². The van der Waals surface area contributed by atoms with Crippen LogP contribution in [0, 0.1) is 0 Å². The molecule has 1 nitrogen and oxygen atoms in total. The molecule has 0 N–H and O–H groups in total. The molecule has 0 amide bonds. The topological polar surface area (TPSA) is 9.23 Å². The van der Waals surface area contributed by atoms with E-state index < -0.39 is 23.5 Å². The molecule has 0 aromatic heterocycles. The highest BCUT2D eigenvalue weighted by Crippen LogP contribution is 2.37. The first-order chi connectivity index (χ1) is 5.59. The number of halogens is 8. The van der Waals surface area contributed by atoms with Crippen LogP contribution in [0.3, 0.4) is 0 Å². The van der Waals surface area contributed by atoms with Crippen molar-refractivity contribution in [1.82, 2.24) is 0 Å². The minimum Gasteiger partial charge on any atom is -0.261 e. The van der Waals surface area contributed by atoms with E-state index in [4.69, 9.17) is 0 Å². The average Bonchev–Trinajstić information content (AvgIpc) is 1.83. The first-order valence-electron chi connectivity index (χ1n) is 2.61. The zero-order valence-corrected chi connectivity index (χ0v) is 7.10. The van der Waals surface area contributed by atoms with Crippen LogP contribution in [0.1, 0.15) is 0 Å². The van der Waals surface area contributed by atoms with E-state index in [9.17, 15) is 26.3 Å². The molecule has 0 aliphatic carbocycles. The SMILES string of the molecule is FC(F)C(F)(F)OC(F)(Cl)C(F)Cl. The minimum atomic E-state index is -5.20. The van der Waals surface area contributed by atoms with Crippen molar-refractivity contribution in [2.45, 2.75) is 23.5 Å². The highest BCUT2D eigenvalue weighted by Gasteiger charge is 2.53. The Hall–Kier alpha value is 0.120. The molecule has 0 fully saturated rings. The van der Waals surface area contributed by atoms with E-state index in [1.807, 2.05) is 0 Å². The molecular weight excluding hydrogens is 249 g/mol. The molecule has 0 aromatic carbocycles. The van der Waals surface area contributed by atoms with Crippen LogP contribution in [-0.2, 0) is 4.74 Å². The number of rotatable bonds is 4. The highest BCUT2D eigenvalue weighted by molar-refractivity contribution is 6.30. The fourth-order valence-corrected chi connectivity index (χ4v) is 0.418. The van der Waals surface area contributed by atoms with Crippen LogP contribution in [0.2, 0.25) is 0 Å². The van der Waals surface area contributed by atoms with Gasteiger partial charge in [-0.05, 0) is 11.6 Å². The molecule has 0 bridgehead atoms. The molecule has 80 valence electrons. The molecule has 0 aliphatic heterocycles. The summed E-state index contributed by atoms with van der Waals surface area (Å²) in [7, 11) is 0. The standard InChI is InChI=1S/C4H2Cl2F6O/c5-1(7)3(6,10)13-4(11,12)2(8)9/h1-2H. The number of alkyl halides is 8. The Balaban J connectivity index is 4.42. The Morgan fingerprint density at radius 1 is 1.08 bits per heavy atom. The van der Waals surface area contributed by atoms with Crippen LogP contribution in [0.5, 0.6) is 0 Å². The predicted molar refractivity (Wildman–Crippen MR) is 32.5 cm³/mol. The van der Waals surface area contributed by atoms with Gasteiger partial charge in [-0.3, -0.25) is 4.74 Å². The molecule has 2 unspecified atom stereocenters. The van der Waals surface area contributed by atoms with E-state index in [1.165, 1.54) is 0 Å². The Labute approximate surface area is 78.5 Å². The Morgan fingerprint density at radius 3 is 1.69 bits per heavy atom. The van der Waals surface area contributed by atoms with Crippen molar-refractivity contribution >= 4 is 23.2 Å². The van der Waals surface area contributed by atoms with Gasteiger partial charge >= 0.3 is 17.8 Å². The normalized spacial score (nSPS) is 20.1. The second-order valence-electron chi connectivity index (χ2n) is 1.83. The molecule has 2 atom stereocenters. The summed E-state index contributed by atoms with van der Waals surface area (Å²) < 4.78 is 73.2. The molecule has 9 heteroatoms. The summed E-state index contributed by atoms with van der Waals surface area (Å²) in [6, 6.07) is 0. The second kappa shape index (κ2) is 4.10. The lowest BCUT2D eigenvalue weighted by atomic mass is 10.6. The molecule has 0 heterocycles. The average molecular weight is 251 g/mol. The van der Waals surface area contributed by atoms with Crippen LogP contribution in [0.25, 0.3) is 0 Å². The van der Waals surface area contributed by atoms with Crippen molar-refractivity contribution in [2.24, 2.45) is 0 Å². The fourth-order valence-electron chi connectivity index (χ4n) is 0.271. The quantitative estimate of drug-likeness (QED) is 0.550. The van der Waals surface area contributed by atoms with Crippen molar-refractivity contribution in [1.29, 1.82) is 0 Å². The van der Waals surface area contributed by atoms with Crippen molar-refractivity contribution in [3.63, 3.8) is 0 Å². The lowest BCUT2D eigenvalue weighted by molar-refractivity contribution is -0.353. The van der Waals surface area contributed by atoms with Gasteiger partial charge in [-0.2, -0.15) is 13.2 Å². The molecule has 0 saturated carbocycles. The van der Waals surface area contributed by atoms with Crippen molar-refractivity contribution in [3.8, 4) is 0 Å². The minimum absolute atomic E-state index is 2.66. The van der Waals surface area contributed by atoms with E-state index in [0.29, 0.717) is 0 Å². The van der Waals surface area contributed by atoms with Gasteiger partial charge in [0.2, 0.25) is 5.63 Å². The molecule has 0 aromatic rings.